The molecule has 1 aromatic rings. The monoisotopic (exact) mass is 253 g/mol. The third-order valence-corrected chi connectivity index (χ3v) is 3.05. The number of amides is 1. The summed E-state index contributed by atoms with van der Waals surface area (Å²) in [5.74, 6) is -0.0986. The van der Waals surface area contributed by atoms with Gasteiger partial charge in [0.1, 0.15) is 6.61 Å². The topological polar surface area (TPSA) is 65.4 Å². The van der Waals surface area contributed by atoms with Gasteiger partial charge in [-0.3, -0.25) is 9.48 Å². The fourth-order valence-corrected chi connectivity index (χ4v) is 2.19. The van der Waals surface area contributed by atoms with Crippen LogP contribution in [0.2, 0.25) is 0 Å². The summed E-state index contributed by atoms with van der Waals surface area (Å²) in [6.07, 6.45) is 1.64. The zero-order valence-corrected chi connectivity index (χ0v) is 10.9. The summed E-state index contributed by atoms with van der Waals surface area (Å²) in [5, 5.41) is 7.28. The predicted octanol–water partition coefficient (Wildman–Crippen LogP) is -0.202. The Morgan fingerprint density at radius 3 is 3.22 bits per heavy atom. The molecule has 1 aromatic heterocycles. The zero-order chi connectivity index (χ0) is 13.0. The molecule has 0 bridgehead atoms. The summed E-state index contributed by atoms with van der Waals surface area (Å²) in [5.41, 5.74) is 3.45. The fourth-order valence-electron chi connectivity index (χ4n) is 2.19. The number of fused-ring (bicyclic) bond motifs is 1. The summed E-state index contributed by atoms with van der Waals surface area (Å²) < 4.78 is 12.1. The Balaban J connectivity index is 1.92. The van der Waals surface area contributed by atoms with Crippen molar-refractivity contribution in [2.45, 2.75) is 19.4 Å². The van der Waals surface area contributed by atoms with Crippen LogP contribution in [0.3, 0.4) is 0 Å². The normalized spacial score (nSPS) is 14.3. The molecule has 0 unspecified atom stereocenters. The number of carbonyl (C=O) groups excluding carboxylic acids is 1. The molecule has 100 valence electrons. The highest BCUT2D eigenvalue weighted by Gasteiger charge is 2.19. The van der Waals surface area contributed by atoms with Crippen molar-refractivity contribution in [3.05, 3.63) is 17.0 Å². The second-order valence-corrected chi connectivity index (χ2v) is 4.33. The molecular formula is C12H19N3O3. The van der Waals surface area contributed by atoms with Gasteiger partial charge < -0.3 is 14.8 Å². The Bertz CT molecular complexity index is 428. The van der Waals surface area contributed by atoms with Gasteiger partial charge in [-0.05, 0) is 0 Å². The lowest BCUT2D eigenvalue weighted by Gasteiger charge is -2.13. The van der Waals surface area contributed by atoms with Crippen molar-refractivity contribution >= 4 is 5.91 Å². The highest BCUT2D eigenvalue weighted by Crippen LogP contribution is 2.20. The number of nitrogens with one attached hydrogen (secondary N) is 1. The van der Waals surface area contributed by atoms with E-state index in [-0.39, 0.29) is 12.5 Å². The maximum absolute atomic E-state index is 11.2. The van der Waals surface area contributed by atoms with Gasteiger partial charge >= 0.3 is 0 Å². The molecule has 18 heavy (non-hydrogen) atoms. The number of rotatable bonds is 5. The second kappa shape index (κ2) is 5.97. The fraction of sp³-hybridized carbons (Fsp3) is 0.667. The number of ether oxygens (including phenoxy) is 2. The number of hydrogen-bond acceptors (Lipinski definition) is 4. The molecule has 0 fully saturated rings. The minimum atomic E-state index is -0.0986. The predicted molar refractivity (Wildman–Crippen MR) is 65.2 cm³/mol. The summed E-state index contributed by atoms with van der Waals surface area (Å²) in [4.78, 5) is 11.2. The number of aromatic nitrogens is 2. The van der Waals surface area contributed by atoms with E-state index < -0.39 is 0 Å². The van der Waals surface area contributed by atoms with Crippen molar-refractivity contribution < 1.29 is 14.3 Å². The van der Waals surface area contributed by atoms with E-state index in [2.05, 4.69) is 10.4 Å². The summed E-state index contributed by atoms with van der Waals surface area (Å²) >= 11 is 0. The van der Waals surface area contributed by atoms with Crippen LogP contribution in [0.5, 0.6) is 0 Å². The zero-order valence-electron chi connectivity index (χ0n) is 10.9. The van der Waals surface area contributed by atoms with Gasteiger partial charge in [0, 0.05) is 44.8 Å². The first kappa shape index (κ1) is 13.0. The number of nitrogens with zero attached hydrogens (tertiary/aromatic N) is 2. The molecule has 0 spiro atoms. The lowest BCUT2D eigenvalue weighted by atomic mass is 10.1. The van der Waals surface area contributed by atoms with Crippen LogP contribution >= 0.6 is 0 Å². The molecule has 2 rings (SSSR count). The Morgan fingerprint density at radius 2 is 2.44 bits per heavy atom. The maximum atomic E-state index is 11.2. The summed E-state index contributed by atoms with van der Waals surface area (Å²) in [7, 11) is 3.46. The number of hydrogen-bond donors (Lipinski definition) is 1. The minimum absolute atomic E-state index is 0.0986. The van der Waals surface area contributed by atoms with Crippen LogP contribution in [0.1, 0.15) is 17.0 Å². The molecule has 0 aromatic carbocycles. The van der Waals surface area contributed by atoms with Crippen LogP contribution in [0, 0.1) is 0 Å². The highest BCUT2D eigenvalue weighted by atomic mass is 16.5. The molecule has 0 saturated heterocycles. The largest absolute Gasteiger partial charge is 0.376 e. The SMILES string of the molecule is COCC(=O)NCCc1nn(C)c2c1COCC2. The Kier molecular flexibility index (Phi) is 4.33. The lowest BCUT2D eigenvalue weighted by Crippen LogP contribution is -2.29. The molecule has 1 aliphatic rings. The van der Waals surface area contributed by atoms with Gasteiger partial charge in [0.25, 0.3) is 0 Å². The van der Waals surface area contributed by atoms with E-state index in [1.807, 2.05) is 11.7 Å². The van der Waals surface area contributed by atoms with Crippen molar-refractivity contribution in [1.82, 2.24) is 15.1 Å². The van der Waals surface area contributed by atoms with E-state index in [0.717, 1.165) is 25.1 Å². The number of aryl methyl sites for hydroxylation is 1. The Labute approximate surface area is 106 Å². The van der Waals surface area contributed by atoms with Gasteiger partial charge in [-0.2, -0.15) is 5.10 Å². The minimum Gasteiger partial charge on any atom is -0.376 e. The molecule has 2 heterocycles. The quantitative estimate of drug-likeness (QED) is 0.789. The molecule has 6 nitrogen and oxygen atoms in total. The van der Waals surface area contributed by atoms with Crippen LogP contribution in [-0.2, 0) is 40.8 Å². The van der Waals surface area contributed by atoms with Crippen LogP contribution < -0.4 is 5.32 Å². The van der Waals surface area contributed by atoms with Crippen molar-refractivity contribution in [3.63, 3.8) is 0 Å². The standard InChI is InChI=1S/C12H19N3O3/c1-15-11-4-6-18-7-9(11)10(14-15)3-5-13-12(16)8-17-2/h3-8H2,1-2H3,(H,13,16). The van der Waals surface area contributed by atoms with Gasteiger partial charge in [0.05, 0.1) is 18.9 Å². The van der Waals surface area contributed by atoms with Crippen LogP contribution in [0.25, 0.3) is 0 Å². The van der Waals surface area contributed by atoms with Gasteiger partial charge in [-0.25, -0.2) is 0 Å². The molecule has 0 saturated carbocycles. The smallest absolute Gasteiger partial charge is 0.245 e. The summed E-state index contributed by atoms with van der Waals surface area (Å²) in [6.45, 7) is 2.07. The molecule has 0 aliphatic carbocycles. The van der Waals surface area contributed by atoms with Gasteiger partial charge in [-0.1, -0.05) is 0 Å². The molecule has 0 radical (unpaired) electrons. The van der Waals surface area contributed by atoms with Crippen LogP contribution in [0.15, 0.2) is 0 Å². The van der Waals surface area contributed by atoms with Gasteiger partial charge in [0.15, 0.2) is 0 Å². The average molecular weight is 253 g/mol. The van der Waals surface area contributed by atoms with E-state index >= 15 is 0 Å². The van der Waals surface area contributed by atoms with E-state index in [4.69, 9.17) is 9.47 Å². The first-order valence-corrected chi connectivity index (χ1v) is 6.09. The molecular weight excluding hydrogens is 234 g/mol. The van der Waals surface area contributed by atoms with Gasteiger partial charge in [-0.15, -0.1) is 0 Å². The molecule has 1 amide bonds. The second-order valence-electron chi connectivity index (χ2n) is 4.33. The van der Waals surface area contributed by atoms with Crippen LogP contribution in [0.4, 0.5) is 0 Å². The van der Waals surface area contributed by atoms with Crippen LogP contribution in [-0.4, -0.2) is 42.6 Å². The Morgan fingerprint density at radius 1 is 1.61 bits per heavy atom. The number of methoxy groups -OCH3 is 1. The van der Waals surface area contributed by atoms with Crippen molar-refractivity contribution in [2.75, 3.05) is 26.9 Å². The molecule has 6 heteroatoms. The maximum Gasteiger partial charge on any atom is 0.245 e. The van der Waals surface area contributed by atoms with E-state index in [1.165, 1.54) is 18.4 Å². The van der Waals surface area contributed by atoms with Crippen molar-refractivity contribution in [1.29, 1.82) is 0 Å². The third-order valence-electron chi connectivity index (χ3n) is 3.05. The van der Waals surface area contributed by atoms with Crippen molar-refractivity contribution in [3.8, 4) is 0 Å². The van der Waals surface area contributed by atoms with E-state index in [0.29, 0.717) is 13.2 Å². The lowest BCUT2D eigenvalue weighted by molar-refractivity contribution is -0.124. The van der Waals surface area contributed by atoms with E-state index in [9.17, 15) is 4.79 Å². The Hall–Kier alpha value is -1.40. The van der Waals surface area contributed by atoms with Gasteiger partial charge in [0.2, 0.25) is 5.91 Å². The molecule has 1 N–H and O–H groups in total. The first-order valence-electron chi connectivity index (χ1n) is 6.09. The molecule has 0 atom stereocenters. The first-order chi connectivity index (χ1) is 8.72. The van der Waals surface area contributed by atoms with Crippen molar-refractivity contribution in [2.24, 2.45) is 7.05 Å². The summed E-state index contributed by atoms with van der Waals surface area (Å²) in [6, 6.07) is 0. The highest BCUT2D eigenvalue weighted by molar-refractivity contribution is 5.77. The number of carbonyl (C=O) groups is 1. The van der Waals surface area contributed by atoms with E-state index in [1.54, 1.807) is 0 Å². The molecule has 1 aliphatic heterocycles. The average Bonchev–Trinajstić information content (AvgIpc) is 2.68. The third kappa shape index (κ3) is 2.88.